The monoisotopic (exact) mass is 199 g/mol. The standard InChI is InChI=1S/C11H21NO2/c13-11(6-7-12-9-11)5-1-3-10-4-2-8-14-10/h10,12-13H,1-9H2. The topological polar surface area (TPSA) is 41.5 Å². The SMILES string of the molecule is OC1(CCCC2CCCO2)CCNC1. The van der Waals surface area contributed by atoms with Gasteiger partial charge >= 0.3 is 0 Å². The number of rotatable bonds is 4. The van der Waals surface area contributed by atoms with Crippen LogP contribution in [0.4, 0.5) is 0 Å². The molecule has 0 aromatic carbocycles. The quantitative estimate of drug-likeness (QED) is 0.711. The maximum absolute atomic E-state index is 10.1. The maximum atomic E-state index is 10.1. The lowest BCUT2D eigenvalue weighted by Crippen LogP contribution is -2.31. The van der Waals surface area contributed by atoms with E-state index in [0.29, 0.717) is 6.10 Å². The third-order valence-corrected chi connectivity index (χ3v) is 3.41. The predicted octanol–water partition coefficient (Wildman–Crippen LogP) is 1.06. The third kappa shape index (κ3) is 2.69. The van der Waals surface area contributed by atoms with Gasteiger partial charge < -0.3 is 15.2 Å². The van der Waals surface area contributed by atoms with E-state index in [2.05, 4.69) is 5.32 Å². The van der Waals surface area contributed by atoms with Crippen molar-refractivity contribution in [1.29, 1.82) is 0 Å². The molecule has 0 radical (unpaired) electrons. The zero-order chi connectivity index (χ0) is 9.86. The van der Waals surface area contributed by atoms with Gasteiger partial charge in [-0.15, -0.1) is 0 Å². The first kappa shape index (κ1) is 10.4. The number of hydrogen-bond acceptors (Lipinski definition) is 3. The van der Waals surface area contributed by atoms with E-state index in [1.165, 1.54) is 12.8 Å². The summed E-state index contributed by atoms with van der Waals surface area (Å²) in [6.45, 7) is 2.69. The first-order valence-electron chi connectivity index (χ1n) is 5.83. The second-order valence-corrected chi connectivity index (χ2v) is 4.68. The van der Waals surface area contributed by atoms with Crippen LogP contribution < -0.4 is 5.32 Å². The fourth-order valence-electron chi connectivity index (χ4n) is 2.47. The van der Waals surface area contributed by atoms with E-state index in [9.17, 15) is 5.11 Å². The van der Waals surface area contributed by atoms with Crippen molar-refractivity contribution in [2.24, 2.45) is 0 Å². The molecular weight excluding hydrogens is 178 g/mol. The Hall–Kier alpha value is -0.120. The van der Waals surface area contributed by atoms with Gasteiger partial charge in [0.15, 0.2) is 0 Å². The van der Waals surface area contributed by atoms with Crippen LogP contribution in [0.1, 0.15) is 38.5 Å². The lowest BCUT2D eigenvalue weighted by atomic mass is 9.94. The second-order valence-electron chi connectivity index (χ2n) is 4.68. The van der Waals surface area contributed by atoms with Gasteiger partial charge in [0.1, 0.15) is 0 Å². The Bertz CT molecular complexity index is 172. The molecule has 0 aromatic rings. The molecule has 2 aliphatic rings. The van der Waals surface area contributed by atoms with Gasteiger partial charge in [-0.25, -0.2) is 0 Å². The lowest BCUT2D eigenvalue weighted by molar-refractivity contribution is 0.0415. The Morgan fingerprint density at radius 3 is 3.07 bits per heavy atom. The van der Waals surface area contributed by atoms with Crippen molar-refractivity contribution in [3.8, 4) is 0 Å². The van der Waals surface area contributed by atoms with Gasteiger partial charge in [-0.3, -0.25) is 0 Å². The summed E-state index contributed by atoms with van der Waals surface area (Å²) in [6, 6.07) is 0. The molecule has 82 valence electrons. The fraction of sp³-hybridized carbons (Fsp3) is 1.00. The van der Waals surface area contributed by atoms with Gasteiger partial charge in [-0.2, -0.15) is 0 Å². The van der Waals surface area contributed by atoms with E-state index >= 15 is 0 Å². The molecule has 2 saturated heterocycles. The molecule has 3 heteroatoms. The Morgan fingerprint density at radius 1 is 1.50 bits per heavy atom. The van der Waals surface area contributed by atoms with Gasteiger partial charge in [0.25, 0.3) is 0 Å². The van der Waals surface area contributed by atoms with Crippen LogP contribution in [-0.4, -0.2) is 36.5 Å². The number of nitrogens with one attached hydrogen (secondary N) is 1. The summed E-state index contributed by atoms with van der Waals surface area (Å²) < 4.78 is 5.55. The highest BCUT2D eigenvalue weighted by Gasteiger charge is 2.30. The van der Waals surface area contributed by atoms with E-state index in [0.717, 1.165) is 45.4 Å². The fourth-order valence-corrected chi connectivity index (χ4v) is 2.47. The molecule has 0 aliphatic carbocycles. The van der Waals surface area contributed by atoms with Gasteiger partial charge in [0.05, 0.1) is 11.7 Å². The van der Waals surface area contributed by atoms with Crippen molar-refractivity contribution in [2.75, 3.05) is 19.7 Å². The van der Waals surface area contributed by atoms with E-state index in [4.69, 9.17) is 4.74 Å². The summed E-state index contributed by atoms with van der Waals surface area (Å²) in [4.78, 5) is 0. The largest absolute Gasteiger partial charge is 0.389 e. The average molecular weight is 199 g/mol. The molecule has 0 bridgehead atoms. The zero-order valence-electron chi connectivity index (χ0n) is 8.80. The van der Waals surface area contributed by atoms with E-state index in [-0.39, 0.29) is 0 Å². The van der Waals surface area contributed by atoms with Crippen LogP contribution in [0.25, 0.3) is 0 Å². The summed E-state index contributed by atoms with van der Waals surface area (Å²) in [6.07, 6.45) is 6.99. The number of hydrogen-bond donors (Lipinski definition) is 2. The van der Waals surface area contributed by atoms with E-state index in [1.807, 2.05) is 0 Å². The first-order chi connectivity index (χ1) is 6.79. The molecule has 2 fully saturated rings. The summed E-state index contributed by atoms with van der Waals surface area (Å²) in [5.74, 6) is 0. The smallest absolute Gasteiger partial charge is 0.0783 e. The molecule has 0 aromatic heterocycles. The molecular formula is C11H21NO2. The summed E-state index contributed by atoms with van der Waals surface area (Å²) in [7, 11) is 0. The minimum Gasteiger partial charge on any atom is -0.389 e. The van der Waals surface area contributed by atoms with Crippen molar-refractivity contribution in [3.05, 3.63) is 0 Å². The van der Waals surface area contributed by atoms with Gasteiger partial charge in [-0.1, -0.05) is 0 Å². The molecule has 14 heavy (non-hydrogen) atoms. The molecule has 3 nitrogen and oxygen atoms in total. The summed E-state index contributed by atoms with van der Waals surface area (Å²) in [5.41, 5.74) is -0.418. The van der Waals surface area contributed by atoms with Crippen LogP contribution in [0.3, 0.4) is 0 Å². The molecule has 2 heterocycles. The highest BCUT2D eigenvalue weighted by molar-refractivity contribution is 4.87. The van der Waals surface area contributed by atoms with Crippen LogP contribution in [-0.2, 0) is 4.74 Å². The predicted molar refractivity (Wildman–Crippen MR) is 55.3 cm³/mol. The van der Waals surface area contributed by atoms with Crippen molar-refractivity contribution >= 4 is 0 Å². The van der Waals surface area contributed by atoms with Crippen molar-refractivity contribution in [1.82, 2.24) is 5.32 Å². The normalized spacial score (nSPS) is 37.9. The van der Waals surface area contributed by atoms with Gasteiger partial charge in [0, 0.05) is 13.2 Å². The van der Waals surface area contributed by atoms with Crippen LogP contribution in [0.2, 0.25) is 0 Å². The molecule has 2 atom stereocenters. The second kappa shape index (κ2) is 4.60. The van der Waals surface area contributed by atoms with Crippen molar-refractivity contribution in [3.63, 3.8) is 0 Å². The molecule has 0 saturated carbocycles. The van der Waals surface area contributed by atoms with Gasteiger partial charge in [0.2, 0.25) is 0 Å². The minimum absolute atomic E-state index is 0.418. The molecule has 2 aliphatic heterocycles. The summed E-state index contributed by atoms with van der Waals surface area (Å²) in [5, 5.41) is 13.3. The lowest BCUT2D eigenvalue weighted by Gasteiger charge is -2.21. The zero-order valence-corrected chi connectivity index (χ0v) is 8.80. The average Bonchev–Trinajstić information content (AvgIpc) is 2.77. The number of aliphatic hydroxyl groups is 1. The molecule has 2 N–H and O–H groups in total. The Kier molecular flexibility index (Phi) is 3.42. The highest BCUT2D eigenvalue weighted by Crippen LogP contribution is 2.24. The van der Waals surface area contributed by atoms with Crippen LogP contribution in [0.5, 0.6) is 0 Å². The van der Waals surface area contributed by atoms with E-state index in [1.54, 1.807) is 0 Å². The number of β-amino-alcohol motifs (C(OH)–C–C–N with tert-alkyl or cyclic N) is 1. The van der Waals surface area contributed by atoms with Crippen molar-refractivity contribution < 1.29 is 9.84 Å². The first-order valence-corrected chi connectivity index (χ1v) is 5.83. The summed E-state index contributed by atoms with van der Waals surface area (Å²) >= 11 is 0. The van der Waals surface area contributed by atoms with Crippen LogP contribution in [0.15, 0.2) is 0 Å². The Labute approximate surface area is 85.8 Å². The van der Waals surface area contributed by atoms with Crippen LogP contribution >= 0.6 is 0 Å². The Morgan fingerprint density at radius 2 is 2.43 bits per heavy atom. The van der Waals surface area contributed by atoms with Crippen LogP contribution in [0, 0.1) is 0 Å². The molecule has 2 rings (SSSR count). The third-order valence-electron chi connectivity index (χ3n) is 3.41. The Balaban J connectivity index is 1.61. The van der Waals surface area contributed by atoms with Crippen molar-refractivity contribution in [2.45, 2.75) is 50.2 Å². The molecule has 0 amide bonds. The minimum atomic E-state index is -0.418. The molecule has 2 unspecified atom stereocenters. The molecule has 0 spiro atoms. The highest BCUT2D eigenvalue weighted by atomic mass is 16.5. The number of ether oxygens (including phenoxy) is 1. The van der Waals surface area contributed by atoms with Gasteiger partial charge in [-0.05, 0) is 45.1 Å². The van der Waals surface area contributed by atoms with E-state index < -0.39 is 5.60 Å². The maximum Gasteiger partial charge on any atom is 0.0783 e.